The van der Waals surface area contributed by atoms with Crippen LogP contribution in [0.1, 0.15) is 35.2 Å². The van der Waals surface area contributed by atoms with Crippen LogP contribution in [-0.2, 0) is 11.2 Å². The Bertz CT molecular complexity index is 614. The van der Waals surface area contributed by atoms with Crippen molar-refractivity contribution in [3.8, 4) is 11.5 Å². The van der Waals surface area contributed by atoms with E-state index in [1.807, 2.05) is 6.92 Å². The van der Waals surface area contributed by atoms with Crippen LogP contribution < -0.4 is 0 Å². The Kier molecular flexibility index (Phi) is 4.17. The maximum Gasteiger partial charge on any atom is 0.376 e. The van der Waals surface area contributed by atoms with Gasteiger partial charge in [0.1, 0.15) is 5.82 Å². The quantitative estimate of drug-likeness (QED) is 0.802. The summed E-state index contributed by atoms with van der Waals surface area (Å²) in [6.07, 6.45) is 1.42. The molecule has 1 aromatic carbocycles. The van der Waals surface area contributed by atoms with Crippen LogP contribution in [0.2, 0.25) is 0 Å². The molecular weight excluding hydrogens is 261 g/mol. The highest BCUT2D eigenvalue weighted by Crippen LogP contribution is 2.25. The van der Waals surface area contributed by atoms with E-state index in [1.165, 1.54) is 19.2 Å². The molecule has 5 heteroatoms. The largest absolute Gasteiger partial charge is 0.463 e. The number of hydrogen-bond acceptors (Lipinski definition) is 4. The highest BCUT2D eigenvalue weighted by atomic mass is 19.1. The van der Waals surface area contributed by atoms with E-state index in [0.717, 1.165) is 12.0 Å². The Morgan fingerprint density at radius 3 is 2.75 bits per heavy atom. The molecule has 0 unspecified atom stereocenters. The van der Waals surface area contributed by atoms with Crippen LogP contribution >= 0.6 is 0 Å². The van der Waals surface area contributed by atoms with Crippen molar-refractivity contribution in [2.24, 2.45) is 0 Å². The Labute approximate surface area is 116 Å². The molecule has 0 fully saturated rings. The van der Waals surface area contributed by atoms with Crippen molar-refractivity contribution >= 4 is 5.97 Å². The number of rotatable bonds is 4. The molecule has 0 saturated carbocycles. The standard InChI is InChI=1S/C15H16FNO3/c1-4-5-12-13(15(18)19-3)20-14(17-12)10-6-9(2)7-11(16)8-10/h6-8H,4-5H2,1-3H3. The minimum atomic E-state index is -0.569. The Hall–Kier alpha value is -2.17. The Balaban J connectivity index is 2.49. The lowest BCUT2D eigenvalue weighted by Gasteiger charge is -1.98. The predicted molar refractivity (Wildman–Crippen MR) is 72.0 cm³/mol. The third-order valence-electron chi connectivity index (χ3n) is 2.84. The van der Waals surface area contributed by atoms with Crippen molar-refractivity contribution in [1.29, 1.82) is 0 Å². The van der Waals surface area contributed by atoms with E-state index in [2.05, 4.69) is 9.72 Å². The zero-order valence-electron chi connectivity index (χ0n) is 11.7. The van der Waals surface area contributed by atoms with Gasteiger partial charge in [-0.1, -0.05) is 13.3 Å². The van der Waals surface area contributed by atoms with Crippen molar-refractivity contribution in [1.82, 2.24) is 4.98 Å². The molecule has 0 aliphatic rings. The number of oxazole rings is 1. The van der Waals surface area contributed by atoms with Crippen molar-refractivity contribution in [3.05, 3.63) is 41.0 Å². The number of ether oxygens (including phenoxy) is 1. The fraction of sp³-hybridized carbons (Fsp3) is 0.333. The number of benzene rings is 1. The van der Waals surface area contributed by atoms with E-state index in [4.69, 9.17) is 4.42 Å². The van der Waals surface area contributed by atoms with E-state index in [-0.39, 0.29) is 17.5 Å². The molecule has 0 N–H and O–H groups in total. The van der Waals surface area contributed by atoms with Gasteiger partial charge in [-0.25, -0.2) is 14.2 Å². The topological polar surface area (TPSA) is 52.3 Å². The molecule has 1 heterocycles. The number of aromatic nitrogens is 1. The summed E-state index contributed by atoms with van der Waals surface area (Å²) < 4.78 is 23.6. The van der Waals surface area contributed by atoms with Crippen LogP contribution in [0.5, 0.6) is 0 Å². The van der Waals surface area contributed by atoms with Gasteiger partial charge in [0.15, 0.2) is 0 Å². The average Bonchev–Trinajstić information content (AvgIpc) is 2.81. The molecule has 2 aromatic rings. The summed E-state index contributed by atoms with van der Waals surface area (Å²) in [7, 11) is 1.28. The van der Waals surface area contributed by atoms with Crippen LogP contribution in [-0.4, -0.2) is 18.1 Å². The number of carbonyl (C=O) groups is 1. The van der Waals surface area contributed by atoms with Gasteiger partial charge in [0, 0.05) is 5.56 Å². The molecule has 0 aliphatic carbocycles. The lowest BCUT2D eigenvalue weighted by molar-refractivity contribution is 0.0564. The molecule has 106 valence electrons. The summed E-state index contributed by atoms with van der Waals surface area (Å²) in [6, 6.07) is 4.50. The van der Waals surface area contributed by atoms with Gasteiger partial charge >= 0.3 is 5.97 Å². The second kappa shape index (κ2) is 5.86. The molecule has 1 aromatic heterocycles. The third kappa shape index (κ3) is 2.87. The van der Waals surface area contributed by atoms with Gasteiger partial charge < -0.3 is 9.15 Å². The molecule has 0 bridgehead atoms. The highest BCUT2D eigenvalue weighted by Gasteiger charge is 2.21. The van der Waals surface area contributed by atoms with Gasteiger partial charge in [-0.05, 0) is 37.1 Å². The number of carbonyl (C=O) groups excluding carboxylic acids is 1. The van der Waals surface area contributed by atoms with Crippen molar-refractivity contribution in [3.63, 3.8) is 0 Å². The van der Waals surface area contributed by atoms with E-state index in [9.17, 15) is 9.18 Å². The number of halogens is 1. The smallest absolute Gasteiger partial charge is 0.376 e. The van der Waals surface area contributed by atoms with Gasteiger partial charge in [0.25, 0.3) is 0 Å². The van der Waals surface area contributed by atoms with Crippen molar-refractivity contribution in [2.45, 2.75) is 26.7 Å². The first-order valence-electron chi connectivity index (χ1n) is 6.40. The molecule has 0 amide bonds. The van der Waals surface area contributed by atoms with E-state index in [1.54, 1.807) is 13.0 Å². The number of aryl methyl sites for hydroxylation is 2. The van der Waals surface area contributed by atoms with Gasteiger partial charge in [0.2, 0.25) is 11.7 Å². The molecule has 0 radical (unpaired) electrons. The number of esters is 1. The first-order valence-corrected chi connectivity index (χ1v) is 6.40. The average molecular weight is 277 g/mol. The fourth-order valence-corrected chi connectivity index (χ4v) is 1.99. The minimum absolute atomic E-state index is 0.0891. The monoisotopic (exact) mass is 277 g/mol. The second-order valence-corrected chi connectivity index (χ2v) is 4.55. The first-order chi connectivity index (χ1) is 9.55. The Morgan fingerprint density at radius 1 is 1.40 bits per heavy atom. The van der Waals surface area contributed by atoms with Crippen LogP contribution in [0.15, 0.2) is 22.6 Å². The molecule has 0 saturated heterocycles. The molecule has 20 heavy (non-hydrogen) atoms. The van der Waals surface area contributed by atoms with Gasteiger partial charge in [-0.15, -0.1) is 0 Å². The zero-order valence-corrected chi connectivity index (χ0v) is 11.7. The molecule has 2 rings (SSSR count). The predicted octanol–water partition coefficient (Wildman–Crippen LogP) is 3.53. The van der Waals surface area contributed by atoms with Crippen molar-refractivity contribution < 1.29 is 18.3 Å². The van der Waals surface area contributed by atoms with E-state index >= 15 is 0 Å². The first kappa shape index (κ1) is 14.2. The summed E-state index contributed by atoms with van der Waals surface area (Å²) >= 11 is 0. The number of methoxy groups -OCH3 is 1. The summed E-state index contributed by atoms with van der Waals surface area (Å²) in [4.78, 5) is 15.9. The van der Waals surface area contributed by atoms with Crippen LogP contribution in [0.25, 0.3) is 11.5 Å². The molecule has 4 nitrogen and oxygen atoms in total. The summed E-state index contributed by atoms with van der Waals surface area (Å²) in [5.74, 6) is -0.613. The van der Waals surface area contributed by atoms with Gasteiger partial charge in [-0.3, -0.25) is 0 Å². The number of hydrogen-bond donors (Lipinski definition) is 0. The van der Waals surface area contributed by atoms with Crippen molar-refractivity contribution in [2.75, 3.05) is 7.11 Å². The van der Waals surface area contributed by atoms with Crippen LogP contribution in [0, 0.1) is 12.7 Å². The van der Waals surface area contributed by atoms with Crippen LogP contribution in [0.3, 0.4) is 0 Å². The Morgan fingerprint density at radius 2 is 2.15 bits per heavy atom. The normalized spacial score (nSPS) is 10.6. The minimum Gasteiger partial charge on any atom is -0.463 e. The summed E-state index contributed by atoms with van der Waals surface area (Å²) in [5.41, 5.74) is 1.81. The lowest BCUT2D eigenvalue weighted by atomic mass is 10.1. The lowest BCUT2D eigenvalue weighted by Crippen LogP contribution is -2.03. The highest BCUT2D eigenvalue weighted by molar-refractivity contribution is 5.88. The zero-order chi connectivity index (χ0) is 14.7. The van der Waals surface area contributed by atoms with Crippen LogP contribution in [0.4, 0.5) is 4.39 Å². The summed E-state index contributed by atoms with van der Waals surface area (Å²) in [6.45, 7) is 3.76. The molecule has 0 spiro atoms. The summed E-state index contributed by atoms with van der Waals surface area (Å²) in [5, 5.41) is 0. The second-order valence-electron chi connectivity index (χ2n) is 4.55. The molecule has 0 atom stereocenters. The maximum atomic E-state index is 13.4. The molecular formula is C15H16FNO3. The molecule has 0 aliphatic heterocycles. The van der Waals surface area contributed by atoms with Gasteiger partial charge in [-0.2, -0.15) is 0 Å². The number of nitrogens with zero attached hydrogens (tertiary/aromatic N) is 1. The third-order valence-corrected chi connectivity index (χ3v) is 2.84. The SMILES string of the molecule is CCCc1nc(-c2cc(C)cc(F)c2)oc1C(=O)OC. The maximum absolute atomic E-state index is 13.4. The van der Waals surface area contributed by atoms with Gasteiger partial charge in [0.05, 0.1) is 12.8 Å². The van der Waals surface area contributed by atoms with E-state index in [0.29, 0.717) is 17.7 Å². The van der Waals surface area contributed by atoms with E-state index < -0.39 is 5.97 Å². The fourth-order valence-electron chi connectivity index (χ4n) is 1.99.